The van der Waals surface area contributed by atoms with E-state index in [9.17, 15) is 15.2 Å². The van der Waals surface area contributed by atoms with Gasteiger partial charge in [-0.25, -0.2) is 0 Å². The normalized spacial score (nSPS) is 23.6. The monoisotopic (exact) mass is 263 g/mol. The van der Waals surface area contributed by atoms with E-state index < -0.39 is 0 Å². The van der Waals surface area contributed by atoms with Crippen LogP contribution in [0.25, 0.3) is 6.08 Å². The smallest absolute Gasteiger partial charge is 0.276 e. The van der Waals surface area contributed by atoms with Gasteiger partial charge in [0.15, 0.2) is 0 Å². The molecule has 0 spiro atoms. The maximum absolute atomic E-state index is 10.9. The summed E-state index contributed by atoms with van der Waals surface area (Å²) in [5.41, 5.74) is 0.784. The lowest BCUT2D eigenvalue weighted by atomic mass is 10.1. The molecule has 0 bridgehead atoms. The molecule has 1 heterocycles. The Bertz CT molecular complexity index is 466. The van der Waals surface area contributed by atoms with E-state index in [0.29, 0.717) is 5.56 Å². The number of aliphatic hydroxyl groups is 1. The first kappa shape index (κ1) is 13.7. The summed E-state index contributed by atoms with van der Waals surface area (Å²) in [6.07, 6.45) is 5.33. The summed E-state index contributed by atoms with van der Waals surface area (Å²) >= 11 is 0. The summed E-state index contributed by atoms with van der Waals surface area (Å²) in [5.74, 6) is 0. The van der Waals surface area contributed by atoms with Crippen LogP contribution >= 0.6 is 0 Å². The molecular weight excluding hydrogens is 244 g/mol. The summed E-state index contributed by atoms with van der Waals surface area (Å²) in [6, 6.07) is 6.75. The van der Waals surface area contributed by atoms with Crippen LogP contribution in [-0.4, -0.2) is 35.8 Å². The van der Waals surface area contributed by atoms with E-state index in [0.717, 1.165) is 32.5 Å². The van der Waals surface area contributed by atoms with E-state index in [1.165, 1.54) is 11.0 Å². The topological polar surface area (TPSA) is 67.8 Å². The minimum absolute atomic E-state index is 0.141. The molecule has 0 atom stereocenters. The zero-order valence-electron chi connectivity index (χ0n) is 10.8. The lowest BCUT2D eigenvalue weighted by Crippen LogP contribution is -3.13. The van der Waals surface area contributed by atoms with Crippen LogP contribution in [0.1, 0.15) is 18.4 Å². The number of nitro benzene ring substituents is 1. The van der Waals surface area contributed by atoms with E-state index in [-0.39, 0.29) is 16.7 Å². The van der Waals surface area contributed by atoms with Crippen molar-refractivity contribution in [3.05, 3.63) is 46.0 Å². The largest absolute Gasteiger partial charge is 0.393 e. The number of hydrogen-bond donors (Lipinski definition) is 2. The third-order valence-electron chi connectivity index (χ3n) is 3.50. The first-order valence-corrected chi connectivity index (χ1v) is 6.58. The molecule has 1 aromatic rings. The van der Waals surface area contributed by atoms with Crippen LogP contribution in [0.15, 0.2) is 30.3 Å². The molecule has 102 valence electrons. The van der Waals surface area contributed by atoms with Gasteiger partial charge < -0.3 is 10.0 Å². The molecule has 0 unspecified atom stereocenters. The molecule has 0 saturated carbocycles. The number of likely N-dealkylation sites (tertiary alicyclic amines) is 1. The third kappa shape index (κ3) is 3.87. The highest BCUT2D eigenvalue weighted by molar-refractivity contribution is 5.60. The minimum atomic E-state index is -0.357. The van der Waals surface area contributed by atoms with E-state index in [2.05, 4.69) is 0 Å². The van der Waals surface area contributed by atoms with Gasteiger partial charge in [-0.15, -0.1) is 0 Å². The Morgan fingerprint density at radius 1 is 1.37 bits per heavy atom. The third-order valence-corrected chi connectivity index (χ3v) is 3.50. The summed E-state index contributed by atoms with van der Waals surface area (Å²) in [6.45, 7) is 2.77. The molecule has 0 amide bonds. The Morgan fingerprint density at radius 3 is 2.74 bits per heavy atom. The Hall–Kier alpha value is -1.72. The van der Waals surface area contributed by atoms with Crippen LogP contribution in [0.4, 0.5) is 5.69 Å². The molecule has 1 saturated heterocycles. The number of para-hydroxylation sites is 1. The number of nitrogens with zero attached hydrogens (tertiary/aromatic N) is 1. The van der Waals surface area contributed by atoms with Gasteiger partial charge in [0.25, 0.3) is 5.69 Å². The van der Waals surface area contributed by atoms with Gasteiger partial charge in [-0.1, -0.05) is 12.1 Å². The van der Waals surface area contributed by atoms with Gasteiger partial charge in [0.1, 0.15) is 0 Å². The van der Waals surface area contributed by atoms with Crippen LogP contribution in [0, 0.1) is 10.1 Å². The number of nitro groups is 1. The number of quaternary nitrogens is 1. The summed E-state index contributed by atoms with van der Waals surface area (Å²) in [4.78, 5) is 11.9. The van der Waals surface area contributed by atoms with Crippen LogP contribution in [0.2, 0.25) is 0 Å². The van der Waals surface area contributed by atoms with Crippen LogP contribution in [0.3, 0.4) is 0 Å². The van der Waals surface area contributed by atoms with Crippen LogP contribution in [0.5, 0.6) is 0 Å². The van der Waals surface area contributed by atoms with Crippen molar-refractivity contribution in [2.75, 3.05) is 19.6 Å². The molecule has 1 fully saturated rings. The second-order valence-electron chi connectivity index (χ2n) is 4.90. The predicted octanol–water partition coefficient (Wildman–Crippen LogP) is 0.648. The van der Waals surface area contributed by atoms with Crippen molar-refractivity contribution >= 4 is 11.8 Å². The SMILES string of the molecule is O=[N+]([O-])c1ccccc1/C=C/C[NH+]1CCC(O)CC1. The standard InChI is InChI=1S/C14H18N2O3/c17-13-7-10-15(11-8-13)9-3-5-12-4-1-2-6-14(12)16(18)19/h1-6,13,17H,7-11H2/p+1/b5-3+. The molecule has 2 rings (SSSR count). The number of benzene rings is 1. The Kier molecular flexibility index (Phi) is 4.65. The van der Waals surface area contributed by atoms with Crippen molar-refractivity contribution in [1.82, 2.24) is 0 Å². The Labute approximate surface area is 112 Å². The second kappa shape index (κ2) is 6.45. The van der Waals surface area contributed by atoms with E-state index in [4.69, 9.17) is 0 Å². The number of rotatable bonds is 4. The predicted molar refractivity (Wildman–Crippen MR) is 72.9 cm³/mol. The fourth-order valence-electron chi connectivity index (χ4n) is 2.36. The molecule has 19 heavy (non-hydrogen) atoms. The van der Waals surface area contributed by atoms with Gasteiger partial charge in [-0.05, 0) is 18.2 Å². The maximum atomic E-state index is 10.9. The van der Waals surface area contributed by atoms with Crippen molar-refractivity contribution in [3.8, 4) is 0 Å². The quantitative estimate of drug-likeness (QED) is 0.619. The molecule has 5 nitrogen and oxygen atoms in total. The van der Waals surface area contributed by atoms with Crippen molar-refractivity contribution in [1.29, 1.82) is 0 Å². The molecule has 1 aliphatic heterocycles. The number of nitrogens with one attached hydrogen (secondary N) is 1. The van der Waals surface area contributed by atoms with Gasteiger partial charge in [0.05, 0.1) is 36.2 Å². The highest BCUT2D eigenvalue weighted by Crippen LogP contribution is 2.18. The van der Waals surface area contributed by atoms with Crippen molar-refractivity contribution in [2.24, 2.45) is 0 Å². The molecule has 5 heteroatoms. The van der Waals surface area contributed by atoms with E-state index in [1.807, 2.05) is 12.2 Å². The molecule has 1 aromatic carbocycles. The second-order valence-corrected chi connectivity index (χ2v) is 4.90. The summed E-state index contributed by atoms with van der Waals surface area (Å²) in [7, 11) is 0. The molecule has 0 radical (unpaired) electrons. The van der Waals surface area contributed by atoms with Crippen LogP contribution < -0.4 is 4.90 Å². The first-order chi connectivity index (χ1) is 9.16. The molecule has 0 aromatic heterocycles. The Morgan fingerprint density at radius 2 is 2.05 bits per heavy atom. The van der Waals surface area contributed by atoms with E-state index in [1.54, 1.807) is 18.2 Å². The van der Waals surface area contributed by atoms with Gasteiger partial charge >= 0.3 is 0 Å². The van der Waals surface area contributed by atoms with Gasteiger partial charge in [-0.3, -0.25) is 10.1 Å². The number of hydrogen-bond acceptors (Lipinski definition) is 3. The van der Waals surface area contributed by atoms with Crippen molar-refractivity contribution < 1.29 is 14.9 Å². The van der Waals surface area contributed by atoms with Gasteiger partial charge in [-0.2, -0.15) is 0 Å². The lowest BCUT2D eigenvalue weighted by molar-refractivity contribution is -0.900. The zero-order chi connectivity index (χ0) is 13.7. The summed E-state index contributed by atoms with van der Waals surface area (Å²) in [5, 5.41) is 20.3. The molecule has 2 N–H and O–H groups in total. The number of aliphatic hydroxyl groups excluding tert-OH is 1. The van der Waals surface area contributed by atoms with Crippen molar-refractivity contribution in [3.63, 3.8) is 0 Å². The zero-order valence-corrected chi connectivity index (χ0v) is 10.8. The Balaban J connectivity index is 1.94. The maximum Gasteiger partial charge on any atom is 0.276 e. The summed E-state index contributed by atoms with van der Waals surface area (Å²) < 4.78 is 0. The fourth-order valence-corrected chi connectivity index (χ4v) is 2.36. The van der Waals surface area contributed by atoms with Crippen LogP contribution in [-0.2, 0) is 0 Å². The number of piperidine rings is 1. The lowest BCUT2D eigenvalue weighted by Gasteiger charge is -2.25. The van der Waals surface area contributed by atoms with Gasteiger partial charge in [0.2, 0.25) is 0 Å². The first-order valence-electron chi connectivity index (χ1n) is 6.58. The van der Waals surface area contributed by atoms with Gasteiger partial charge in [0, 0.05) is 18.9 Å². The molecular formula is C14H19N2O3+. The highest BCUT2D eigenvalue weighted by Gasteiger charge is 2.18. The molecule has 1 aliphatic rings. The van der Waals surface area contributed by atoms with Crippen molar-refractivity contribution in [2.45, 2.75) is 18.9 Å². The minimum Gasteiger partial charge on any atom is -0.393 e. The molecule has 0 aliphatic carbocycles. The average Bonchev–Trinajstić information content (AvgIpc) is 2.41. The fraction of sp³-hybridized carbons (Fsp3) is 0.429. The highest BCUT2D eigenvalue weighted by atomic mass is 16.6. The van der Waals surface area contributed by atoms with E-state index >= 15 is 0 Å². The average molecular weight is 263 g/mol.